The molecule has 21 heavy (non-hydrogen) atoms. The van der Waals surface area contributed by atoms with Gasteiger partial charge in [-0.3, -0.25) is 0 Å². The first kappa shape index (κ1) is 15.0. The monoisotopic (exact) mass is 289 g/mol. The number of hydrogen-bond donors (Lipinski definition) is 3. The summed E-state index contributed by atoms with van der Waals surface area (Å²) >= 11 is 0. The summed E-state index contributed by atoms with van der Waals surface area (Å²) in [6, 6.07) is 7.04. The van der Waals surface area contributed by atoms with Crippen LogP contribution < -0.4 is 15.8 Å². The number of hydrogen-bond acceptors (Lipinski definition) is 4. The van der Waals surface area contributed by atoms with Crippen LogP contribution in [0.15, 0.2) is 18.2 Å². The molecule has 6 heteroatoms. The lowest BCUT2D eigenvalue weighted by molar-refractivity contribution is 0.121. The number of anilines is 1. The maximum atomic E-state index is 11.0. The van der Waals surface area contributed by atoms with E-state index in [4.69, 9.17) is 20.8 Å². The number of nitrogens with one attached hydrogen (secondary N) is 1. The van der Waals surface area contributed by atoms with Crippen LogP contribution in [0.1, 0.15) is 37.7 Å². The third-order valence-corrected chi connectivity index (χ3v) is 3.86. The number of rotatable bonds is 4. The van der Waals surface area contributed by atoms with Crippen molar-refractivity contribution in [2.75, 3.05) is 12.3 Å². The molecule has 0 unspecified atom stereocenters. The minimum absolute atomic E-state index is 0.206. The Hall–Kier alpha value is -2.42. The smallest absolute Gasteiger partial charge is 0.405 e. The molecule has 1 amide bonds. The highest BCUT2D eigenvalue weighted by Gasteiger charge is 2.34. The third kappa shape index (κ3) is 3.57. The van der Waals surface area contributed by atoms with Crippen LogP contribution in [0.5, 0.6) is 5.75 Å². The highest BCUT2D eigenvalue weighted by atomic mass is 16.5. The van der Waals surface area contributed by atoms with Crippen molar-refractivity contribution in [3.63, 3.8) is 0 Å². The van der Waals surface area contributed by atoms with Crippen LogP contribution in [0.2, 0.25) is 0 Å². The minimum Gasteiger partial charge on any atom is -0.490 e. The van der Waals surface area contributed by atoms with Gasteiger partial charge in [0.1, 0.15) is 24.0 Å². The second-order valence-corrected chi connectivity index (χ2v) is 5.39. The van der Waals surface area contributed by atoms with E-state index < -0.39 is 11.6 Å². The van der Waals surface area contributed by atoms with Crippen molar-refractivity contribution < 1.29 is 14.6 Å². The zero-order valence-electron chi connectivity index (χ0n) is 11.8. The molecule has 112 valence electrons. The summed E-state index contributed by atoms with van der Waals surface area (Å²) in [6.45, 7) is 0.206. The molecule has 1 aliphatic rings. The highest BCUT2D eigenvalue weighted by molar-refractivity contribution is 5.65. The first-order valence-corrected chi connectivity index (χ1v) is 6.99. The van der Waals surface area contributed by atoms with Gasteiger partial charge in [-0.15, -0.1) is 0 Å². The van der Waals surface area contributed by atoms with E-state index in [0.717, 1.165) is 32.1 Å². The summed E-state index contributed by atoms with van der Waals surface area (Å²) in [5.74, 6) is 0.398. The summed E-state index contributed by atoms with van der Waals surface area (Å²) in [5.41, 5.74) is 5.81. The Balaban J connectivity index is 2.14. The van der Waals surface area contributed by atoms with E-state index in [0.29, 0.717) is 17.0 Å². The SMILES string of the molecule is N#Cc1c(N)cccc1OCC1(NC(=O)O)CCCCC1. The van der Waals surface area contributed by atoms with E-state index in [1.54, 1.807) is 18.2 Å². The van der Waals surface area contributed by atoms with Gasteiger partial charge in [0.2, 0.25) is 0 Å². The van der Waals surface area contributed by atoms with Crippen molar-refractivity contribution in [2.45, 2.75) is 37.6 Å². The molecule has 1 saturated carbocycles. The first-order valence-electron chi connectivity index (χ1n) is 6.99. The number of ether oxygens (including phenoxy) is 1. The summed E-state index contributed by atoms with van der Waals surface area (Å²) in [7, 11) is 0. The van der Waals surface area contributed by atoms with Gasteiger partial charge in [-0.1, -0.05) is 25.3 Å². The largest absolute Gasteiger partial charge is 0.490 e. The van der Waals surface area contributed by atoms with Crippen LogP contribution in [-0.4, -0.2) is 23.3 Å². The fourth-order valence-corrected chi connectivity index (χ4v) is 2.76. The average molecular weight is 289 g/mol. The molecular formula is C15H19N3O3. The molecular weight excluding hydrogens is 270 g/mol. The molecule has 0 heterocycles. The number of benzene rings is 1. The van der Waals surface area contributed by atoms with Crippen LogP contribution in [0.3, 0.4) is 0 Å². The van der Waals surface area contributed by atoms with Gasteiger partial charge in [-0.25, -0.2) is 4.79 Å². The van der Waals surface area contributed by atoms with Crippen molar-refractivity contribution in [1.82, 2.24) is 5.32 Å². The third-order valence-electron chi connectivity index (χ3n) is 3.86. The Morgan fingerprint density at radius 2 is 2.14 bits per heavy atom. The summed E-state index contributed by atoms with van der Waals surface area (Å²) in [6.07, 6.45) is 3.46. The van der Waals surface area contributed by atoms with Gasteiger partial charge in [0.05, 0.1) is 11.2 Å². The van der Waals surface area contributed by atoms with Gasteiger partial charge in [0.15, 0.2) is 0 Å². The Morgan fingerprint density at radius 1 is 1.43 bits per heavy atom. The molecule has 6 nitrogen and oxygen atoms in total. The van der Waals surface area contributed by atoms with Gasteiger partial charge >= 0.3 is 6.09 Å². The van der Waals surface area contributed by atoms with Gasteiger partial charge in [0, 0.05) is 0 Å². The predicted octanol–water partition coefficient (Wildman–Crippen LogP) is 2.49. The summed E-state index contributed by atoms with van der Waals surface area (Å²) in [4.78, 5) is 11.0. The lowest BCUT2D eigenvalue weighted by atomic mass is 9.82. The Labute approximate surface area is 123 Å². The van der Waals surface area contributed by atoms with Crippen LogP contribution in [0.4, 0.5) is 10.5 Å². The fraction of sp³-hybridized carbons (Fsp3) is 0.467. The number of carbonyl (C=O) groups is 1. The second kappa shape index (κ2) is 6.35. The molecule has 0 aliphatic heterocycles. The number of nitrogen functional groups attached to an aromatic ring is 1. The predicted molar refractivity (Wildman–Crippen MR) is 78.0 cm³/mol. The van der Waals surface area contributed by atoms with Gasteiger partial charge < -0.3 is 20.9 Å². The maximum absolute atomic E-state index is 11.0. The molecule has 0 atom stereocenters. The fourth-order valence-electron chi connectivity index (χ4n) is 2.76. The van der Waals surface area contributed by atoms with Gasteiger partial charge in [-0.2, -0.15) is 5.26 Å². The van der Waals surface area contributed by atoms with E-state index in [1.165, 1.54) is 0 Å². The maximum Gasteiger partial charge on any atom is 0.405 e. The Bertz CT molecular complexity index is 560. The van der Waals surface area contributed by atoms with E-state index >= 15 is 0 Å². The highest BCUT2D eigenvalue weighted by Crippen LogP contribution is 2.30. The van der Waals surface area contributed by atoms with Gasteiger partial charge in [-0.05, 0) is 25.0 Å². The number of nitrogens with two attached hydrogens (primary N) is 1. The topological polar surface area (TPSA) is 108 Å². The van der Waals surface area contributed by atoms with E-state index in [1.807, 2.05) is 6.07 Å². The molecule has 0 saturated heterocycles. The first-order chi connectivity index (χ1) is 10.1. The number of carboxylic acid groups (broad SMARTS) is 1. The van der Waals surface area contributed by atoms with E-state index in [2.05, 4.69) is 5.32 Å². The summed E-state index contributed by atoms with van der Waals surface area (Å²) in [5, 5.41) is 20.8. The Morgan fingerprint density at radius 3 is 2.76 bits per heavy atom. The van der Waals surface area contributed by atoms with Crippen LogP contribution >= 0.6 is 0 Å². The van der Waals surface area contributed by atoms with Crippen LogP contribution in [-0.2, 0) is 0 Å². The summed E-state index contributed by atoms with van der Waals surface area (Å²) < 4.78 is 5.72. The molecule has 0 bridgehead atoms. The zero-order valence-corrected chi connectivity index (χ0v) is 11.8. The molecule has 0 radical (unpaired) electrons. The van der Waals surface area contributed by atoms with Crippen molar-refractivity contribution in [2.24, 2.45) is 0 Å². The Kier molecular flexibility index (Phi) is 4.53. The minimum atomic E-state index is -1.05. The quantitative estimate of drug-likeness (QED) is 0.738. The molecule has 4 N–H and O–H groups in total. The zero-order chi connectivity index (χ0) is 15.3. The molecule has 1 fully saturated rings. The standard InChI is InChI=1S/C15H19N3O3/c16-9-11-12(17)5-4-6-13(11)21-10-15(18-14(19)20)7-2-1-3-8-15/h4-6,18H,1-3,7-8,10,17H2,(H,19,20). The molecule has 2 rings (SSSR count). The van der Waals surface area contributed by atoms with Crippen molar-refractivity contribution in [3.05, 3.63) is 23.8 Å². The van der Waals surface area contributed by atoms with Crippen LogP contribution in [0, 0.1) is 11.3 Å². The van der Waals surface area contributed by atoms with E-state index in [9.17, 15) is 4.79 Å². The van der Waals surface area contributed by atoms with Crippen LogP contribution in [0.25, 0.3) is 0 Å². The average Bonchev–Trinajstić information content (AvgIpc) is 2.45. The van der Waals surface area contributed by atoms with Crippen molar-refractivity contribution >= 4 is 11.8 Å². The van der Waals surface area contributed by atoms with Crippen molar-refractivity contribution in [3.8, 4) is 11.8 Å². The lowest BCUT2D eigenvalue weighted by Crippen LogP contribution is -2.53. The second-order valence-electron chi connectivity index (χ2n) is 5.39. The molecule has 1 aromatic carbocycles. The number of nitriles is 1. The van der Waals surface area contributed by atoms with Gasteiger partial charge in [0.25, 0.3) is 0 Å². The van der Waals surface area contributed by atoms with E-state index in [-0.39, 0.29) is 6.61 Å². The molecule has 0 aromatic heterocycles. The molecule has 1 aromatic rings. The normalized spacial score (nSPS) is 16.7. The molecule has 1 aliphatic carbocycles. The molecule has 0 spiro atoms. The lowest BCUT2D eigenvalue weighted by Gasteiger charge is -2.36. The number of nitrogens with zero attached hydrogens (tertiary/aromatic N) is 1. The number of amides is 1. The van der Waals surface area contributed by atoms with Crippen molar-refractivity contribution in [1.29, 1.82) is 5.26 Å².